The average molecular weight is 290 g/mol. The summed E-state index contributed by atoms with van der Waals surface area (Å²) in [4.78, 5) is 23.3. The molecule has 3 N–H and O–H groups in total. The van der Waals surface area contributed by atoms with Crippen molar-refractivity contribution in [1.82, 2.24) is 5.32 Å². The first-order valence-electron chi connectivity index (χ1n) is 7.31. The van der Waals surface area contributed by atoms with Crippen molar-refractivity contribution in [2.75, 3.05) is 18.4 Å². The summed E-state index contributed by atoms with van der Waals surface area (Å²) in [5, 5.41) is 15.2. The van der Waals surface area contributed by atoms with E-state index < -0.39 is 11.9 Å². The van der Waals surface area contributed by atoms with Crippen LogP contribution < -0.4 is 10.6 Å². The molecule has 1 aromatic carbocycles. The highest BCUT2D eigenvalue weighted by atomic mass is 16.4. The number of carboxylic acids is 1. The first-order valence-corrected chi connectivity index (χ1v) is 7.31. The Morgan fingerprint density at radius 2 is 2.10 bits per heavy atom. The predicted octanol–water partition coefficient (Wildman–Crippen LogP) is 1.74. The maximum absolute atomic E-state index is 12.2. The number of hydrogen-bond acceptors (Lipinski definition) is 3. The van der Waals surface area contributed by atoms with Gasteiger partial charge in [0.15, 0.2) is 0 Å². The van der Waals surface area contributed by atoms with Gasteiger partial charge in [-0.2, -0.15) is 0 Å². The molecular formula is C16H22N2O3. The van der Waals surface area contributed by atoms with Gasteiger partial charge in [0.2, 0.25) is 5.91 Å². The second-order valence-electron chi connectivity index (χ2n) is 5.87. The van der Waals surface area contributed by atoms with Crippen LogP contribution in [-0.4, -0.2) is 30.1 Å². The van der Waals surface area contributed by atoms with E-state index in [-0.39, 0.29) is 24.3 Å². The van der Waals surface area contributed by atoms with E-state index in [4.69, 9.17) is 5.11 Å². The van der Waals surface area contributed by atoms with E-state index >= 15 is 0 Å². The van der Waals surface area contributed by atoms with E-state index in [9.17, 15) is 9.59 Å². The van der Waals surface area contributed by atoms with Crippen LogP contribution >= 0.6 is 0 Å². The Balaban J connectivity index is 1.92. The molecule has 0 saturated heterocycles. The third kappa shape index (κ3) is 3.74. The Kier molecular flexibility index (Phi) is 4.83. The fraction of sp³-hybridized carbons (Fsp3) is 0.500. The van der Waals surface area contributed by atoms with Crippen LogP contribution in [0.2, 0.25) is 0 Å². The molecule has 0 aliphatic carbocycles. The van der Waals surface area contributed by atoms with Crippen LogP contribution in [0.15, 0.2) is 24.3 Å². The van der Waals surface area contributed by atoms with Crippen molar-refractivity contribution in [3.63, 3.8) is 0 Å². The summed E-state index contributed by atoms with van der Waals surface area (Å²) in [7, 11) is 0. The van der Waals surface area contributed by atoms with Gasteiger partial charge in [-0.15, -0.1) is 0 Å². The Hall–Kier alpha value is -2.04. The van der Waals surface area contributed by atoms with Crippen LogP contribution in [-0.2, 0) is 16.0 Å². The van der Waals surface area contributed by atoms with Crippen molar-refractivity contribution in [3.8, 4) is 0 Å². The molecule has 21 heavy (non-hydrogen) atoms. The molecule has 0 fully saturated rings. The highest BCUT2D eigenvalue weighted by Crippen LogP contribution is 2.24. The highest BCUT2D eigenvalue weighted by molar-refractivity contribution is 5.81. The minimum absolute atomic E-state index is 0.00648. The summed E-state index contributed by atoms with van der Waals surface area (Å²) < 4.78 is 0. The van der Waals surface area contributed by atoms with E-state index in [1.165, 1.54) is 0 Å². The lowest BCUT2D eigenvalue weighted by Crippen LogP contribution is -2.42. The molecular weight excluding hydrogens is 268 g/mol. The maximum atomic E-state index is 12.2. The third-order valence-corrected chi connectivity index (χ3v) is 4.01. The maximum Gasteiger partial charge on any atom is 0.308 e. The molecule has 5 heteroatoms. The first kappa shape index (κ1) is 15.4. The average Bonchev–Trinajstić information content (AvgIpc) is 2.46. The van der Waals surface area contributed by atoms with Gasteiger partial charge in [-0.3, -0.25) is 9.59 Å². The lowest BCUT2D eigenvalue weighted by Gasteiger charge is -2.26. The normalized spacial score (nSPS) is 18.5. The number of nitrogens with one attached hydrogen (secondary N) is 2. The summed E-state index contributed by atoms with van der Waals surface area (Å²) in [6.07, 6.45) is 0.689. The number of para-hydroxylation sites is 1. The number of aliphatic carboxylic acids is 1. The van der Waals surface area contributed by atoms with Crippen molar-refractivity contribution in [1.29, 1.82) is 0 Å². The zero-order chi connectivity index (χ0) is 15.4. The van der Waals surface area contributed by atoms with Crippen LogP contribution in [0.4, 0.5) is 5.69 Å². The number of hydrogen-bond donors (Lipinski definition) is 3. The molecule has 2 unspecified atom stereocenters. The van der Waals surface area contributed by atoms with E-state index in [0.29, 0.717) is 13.0 Å². The zero-order valence-corrected chi connectivity index (χ0v) is 12.4. The molecule has 2 rings (SSSR count). The Labute approximate surface area is 124 Å². The Morgan fingerprint density at radius 1 is 1.38 bits per heavy atom. The summed E-state index contributed by atoms with van der Waals surface area (Å²) in [5.74, 6) is -1.64. The van der Waals surface area contributed by atoms with Crippen molar-refractivity contribution >= 4 is 17.6 Å². The lowest BCUT2D eigenvalue weighted by atomic mass is 9.92. The summed E-state index contributed by atoms with van der Waals surface area (Å²) in [6.45, 7) is 4.47. The lowest BCUT2D eigenvalue weighted by molar-refractivity contribution is -0.143. The van der Waals surface area contributed by atoms with Crippen LogP contribution in [0.5, 0.6) is 0 Å². The fourth-order valence-electron chi connectivity index (χ4n) is 2.59. The summed E-state index contributed by atoms with van der Waals surface area (Å²) in [5.41, 5.74) is 2.20. The smallest absolute Gasteiger partial charge is 0.308 e. The van der Waals surface area contributed by atoms with Gasteiger partial charge in [-0.1, -0.05) is 32.0 Å². The molecule has 0 bridgehead atoms. The second-order valence-corrected chi connectivity index (χ2v) is 5.87. The number of rotatable bonds is 5. The van der Waals surface area contributed by atoms with Crippen molar-refractivity contribution in [2.24, 2.45) is 17.8 Å². The molecule has 2 atom stereocenters. The van der Waals surface area contributed by atoms with Crippen LogP contribution in [0, 0.1) is 17.8 Å². The topological polar surface area (TPSA) is 78.4 Å². The van der Waals surface area contributed by atoms with E-state index in [0.717, 1.165) is 11.3 Å². The van der Waals surface area contributed by atoms with E-state index in [1.54, 1.807) is 0 Å². The van der Waals surface area contributed by atoms with E-state index in [1.807, 2.05) is 38.1 Å². The fourth-order valence-corrected chi connectivity index (χ4v) is 2.59. The van der Waals surface area contributed by atoms with Gasteiger partial charge >= 0.3 is 5.97 Å². The highest BCUT2D eigenvalue weighted by Gasteiger charge is 2.27. The molecule has 1 heterocycles. The van der Waals surface area contributed by atoms with Crippen LogP contribution in [0.1, 0.15) is 19.4 Å². The molecule has 5 nitrogen and oxygen atoms in total. The Bertz CT molecular complexity index is 528. The summed E-state index contributed by atoms with van der Waals surface area (Å²) >= 11 is 0. The van der Waals surface area contributed by atoms with Crippen molar-refractivity contribution in [2.45, 2.75) is 20.3 Å². The quantitative estimate of drug-likeness (QED) is 0.772. The SMILES string of the molecule is CC(C)C(CNC(=O)C1CNc2ccccc2C1)C(=O)O. The molecule has 0 spiro atoms. The van der Waals surface area contributed by atoms with E-state index in [2.05, 4.69) is 10.6 Å². The molecule has 1 aliphatic rings. The number of amides is 1. The number of carbonyl (C=O) groups excluding carboxylic acids is 1. The molecule has 1 aromatic rings. The van der Waals surface area contributed by atoms with Gasteiger partial charge in [0.25, 0.3) is 0 Å². The van der Waals surface area contributed by atoms with Crippen LogP contribution in [0.25, 0.3) is 0 Å². The van der Waals surface area contributed by atoms with Crippen molar-refractivity contribution in [3.05, 3.63) is 29.8 Å². The molecule has 0 aromatic heterocycles. The number of carbonyl (C=O) groups is 2. The minimum Gasteiger partial charge on any atom is -0.481 e. The molecule has 0 saturated carbocycles. The van der Waals surface area contributed by atoms with Gasteiger partial charge in [-0.05, 0) is 24.0 Å². The molecule has 1 aliphatic heterocycles. The predicted molar refractivity (Wildman–Crippen MR) is 81.1 cm³/mol. The zero-order valence-electron chi connectivity index (χ0n) is 12.4. The largest absolute Gasteiger partial charge is 0.481 e. The number of anilines is 1. The molecule has 114 valence electrons. The van der Waals surface area contributed by atoms with Crippen molar-refractivity contribution < 1.29 is 14.7 Å². The van der Waals surface area contributed by atoms with Gasteiger partial charge in [-0.25, -0.2) is 0 Å². The second kappa shape index (κ2) is 6.61. The first-order chi connectivity index (χ1) is 9.99. The Morgan fingerprint density at radius 3 is 2.76 bits per heavy atom. The number of fused-ring (bicyclic) bond motifs is 1. The monoisotopic (exact) mass is 290 g/mol. The standard InChI is InChI=1S/C16H22N2O3/c1-10(2)13(16(20)21)9-18-15(19)12-7-11-5-3-4-6-14(11)17-8-12/h3-6,10,12-13,17H,7-9H2,1-2H3,(H,18,19)(H,20,21). The molecule has 1 amide bonds. The van der Waals surface area contributed by atoms with Crippen LogP contribution in [0.3, 0.4) is 0 Å². The minimum atomic E-state index is -0.864. The van der Waals surface area contributed by atoms with Gasteiger partial charge in [0, 0.05) is 18.8 Å². The summed E-state index contributed by atoms with van der Waals surface area (Å²) in [6, 6.07) is 7.94. The molecule has 0 radical (unpaired) electrons. The van der Waals surface area contributed by atoms with Gasteiger partial charge in [0.1, 0.15) is 0 Å². The van der Waals surface area contributed by atoms with Gasteiger partial charge in [0.05, 0.1) is 11.8 Å². The third-order valence-electron chi connectivity index (χ3n) is 4.01. The van der Waals surface area contributed by atoms with Gasteiger partial charge < -0.3 is 15.7 Å². The number of benzene rings is 1. The number of carboxylic acid groups (broad SMARTS) is 1.